The van der Waals surface area contributed by atoms with Crippen molar-refractivity contribution in [1.29, 1.82) is 0 Å². The fraction of sp³-hybridized carbons (Fsp3) is 0.0526. The Morgan fingerprint density at radius 3 is 2.85 bits per heavy atom. The minimum absolute atomic E-state index is 0.285. The average molecular weight is 359 g/mol. The van der Waals surface area contributed by atoms with Gasteiger partial charge in [-0.2, -0.15) is 10.2 Å². The minimum atomic E-state index is -0.285. The molecule has 5 rings (SSSR count). The third-order valence-corrected chi connectivity index (χ3v) is 4.36. The van der Waals surface area contributed by atoms with Crippen molar-refractivity contribution in [2.45, 2.75) is 0 Å². The van der Waals surface area contributed by atoms with Crippen LogP contribution in [0.2, 0.25) is 0 Å². The minimum Gasteiger partial charge on any atom is -0.335 e. The molecule has 27 heavy (non-hydrogen) atoms. The molecule has 0 atom stereocenters. The summed E-state index contributed by atoms with van der Waals surface area (Å²) in [5, 5.41) is 11.5. The summed E-state index contributed by atoms with van der Waals surface area (Å²) >= 11 is 0. The average Bonchev–Trinajstić information content (AvgIpc) is 3.39. The lowest BCUT2D eigenvalue weighted by Gasteiger charge is -2.02. The van der Waals surface area contributed by atoms with Gasteiger partial charge in [-0.05, 0) is 29.8 Å². The second-order valence-corrected chi connectivity index (χ2v) is 6.22. The zero-order valence-electron chi connectivity index (χ0n) is 14.3. The number of benzene rings is 1. The highest BCUT2D eigenvalue weighted by Crippen LogP contribution is 2.29. The SMILES string of the molecule is Cn1cc(-c2cc(-c3nc4nccc(-c5cccc(F)c5)c4[nH]3)[nH]n2)cn1. The van der Waals surface area contributed by atoms with Crippen LogP contribution in [0.1, 0.15) is 0 Å². The third-order valence-electron chi connectivity index (χ3n) is 4.36. The number of fused-ring (bicyclic) bond motifs is 1. The van der Waals surface area contributed by atoms with E-state index in [-0.39, 0.29) is 5.82 Å². The molecule has 4 aromatic heterocycles. The summed E-state index contributed by atoms with van der Waals surface area (Å²) in [5.41, 5.74) is 5.33. The van der Waals surface area contributed by atoms with Crippen molar-refractivity contribution < 1.29 is 4.39 Å². The van der Waals surface area contributed by atoms with Crippen molar-refractivity contribution in [3.8, 4) is 33.9 Å². The van der Waals surface area contributed by atoms with Gasteiger partial charge in [0.25, 0.3) is 0 Å². The molecule has 0 saturated heterocycles. The van der Waals surface area contributed by atoms with Gasteiger partial charge in [0, 0.05) is 30.6 Å². The smallest absolute Gasteiger partial charge is 0.178 e. The summed E-state index contributed by atoms with van der Waals surface area (Å²) in [7, 11) is 1.86. The zero-order chi connectivity index (χ0) is 18.4. The first-order valence-corrected chi connectivity index (χ1v) is 8.33. The molecule has 0 aliphatic rings. The van der Waals surface area contributed by atoms with E-state index in [1.807, 2.05) is 31.4 Å². The first-order chi connectivity index (χ1) is 13.2. The van der Waals surface area contributed by atoms with Gasteiger partial charge in [-0.3, -0.25) is 9.78 Å². The van der Waals surface area contributed by atoms with Crippen molar-refractivity contribution in [2.75, 3.05) is 0 Å². The highest BCUT2D eigenvalue weighted by atomic mass is 19.1. The van der Waals surface area contributed by atoms with E-state index in [0.29, 0.717) is 11.5 Å². The van der Waals surface area contributed by atoms with Gasteiger partial charge < -0.3 is 4.98 Å². The summed E-state index contributed by atoms with van der Waals surface area (Å²) in [6.07, 6.45) is 5.31. The molecular formula is C19H14FN7. The lowest BCUT2D eigenvalue weighted by Crippen LogP contribution is -1.84. The molecule has 0 radical (unpaired) electrons. The predicted molar refractivity (Wildman–Crippen MR) is 99.1 cm³/mol. The molecule has 5 aromatic rings. The van der Waals surface area contributed by atoms with Crippen molar-refractivity contribution in [2.24, 2.45) is 7.05 Å². The van der Waals surface area contributed by atoms with Crippen LogP contribution in [0.15, 0.2) is 55.0 Å². The van der Waals surface area contributed by atoms with Crippen LogP contribution in [-0.4, -0.2) is 34.9 Å². The number of imidazole rings is 1. The van der Waals surface area contributed by atoms with Crippen LogP contribution in [-0.2, 0) is 7.05 Å². The van der Waals surface area contributed by atoms with Crippen LogP contribution in [0.3, 0.4) is 0 Å². The number of hydrogen-bond donors (Lipinski definition) is 2. The number of aryl methyl sites for hydroxylation is 1. The highest BCUT2D eigenvalue weighted by molar-refractivity contribution is 5.91. The standard InChI is InChI=1S/C19H14FN7/c1-27-10-12(9-22-27)15-8-16(26-25-15)18-23-17-14(5-6-21-19(17)24-18)11-3-2-4-13(20)7-11/h2-10H,1H3,(H,25,26)(H,21,23,24). The highest BCUT2D eigenvalue weighted by Gasteiger charge is 2.14. The molecule has 0 fully saturated rings. The maximum Gasteiger partial charge on any atom is 0.178 e. The fourth-order valence-corrected chi connectivity index (χ4v) is 3.08. The first-order valence-electron chi connectivity index (χ1n) is 8.33. The van der Waals surface area contributed by atoms with Gasteiger partial charge in [0.1, 0.15) is 11.5 Å². The summed E-state index contributed by atoms with van der Waals surface area (Å²) in [4.78, 5) is 12.2. The molecule has 1 aromatic carbocycles. The van der Waals surface area contributed by atoms with Crippen LogP contribution < -0.4 is 0 Å². The number of rotatable bonds is 3. The molecule has 132 valence electrons. The summed E-state index contributed by atoms with van der Waals surface area (Å²) in [6.45, 7) is 0. The Morgan fingerprint density at radius 2 is 2.04 bits per heavy atom. The lowest BCUT2D eigenvalue weighted by molar-refractivity contribution is 0.628. The number of halogens is 1. The summed E-state index contributed by atoms with van der Waals surface area (Å²) in [5.74, 6) is 0.330. The van der Waals surface area contributed by atoms with Crippen molar-refractivity contribution >= 4 is 11.2 Å². The van der Waals surface area contributed by atoms with Crippen molar-refractivity contribution in [3.05, 3.63) is 60.8 Å². The van der Waals surface area contributed by atoms with Crippen LogP contribution in [0, 0.1) is 5.82 Å². The molecule has 2 N–H and O–H groups in total. The van der Waals surface area contributed by atoms with E-state index in [1.165, 1.54) is 12.1 Å². The van der Waals surface area contributed by atoms with Crippen LogP contribution in [0.25, 0.3) is 45.1 Å². The van der Waals surface area contributed by atoms with Crippen molar-refractivity contribution in [3.63, 3.8) is 0 Å². The topological polar surface area (TPSA) is 88.1 Å². The second-order valence-electron chi connectivity index (χ2n) is 6.22. The monoisotopic (exact) mass is 359 g/mol. The lowest BCUT2D eigenvalue weighted by atomic mass is 10.1. The molecule has 0 unspecified atom stereocenters. The molecule has 4 heterocycles. The van der Waals surface area contributed by atoms with E-state index >= 15 is 0 Å². The Labute approximate surface area is 152 Å². The quantitative estimate of drug-likeness (QED) is 0.516. The van der Waals surface area contributed by atoms with Gasteiger partial charge >= 0.3 is 0 Å². The number of nitrogens with one attached hydrogen (secondary N) is 2. The number of hydrogen-bond acceptors (Lipinski definition) is 4. The van der Waals surface area contributed by atoms with Gasteiger partial charge in [0.2, 0.25) is 0 Å². The van der Waals surface area contributed by atoms with Gasteiger partial charge in [-0.25, -0.2) is 14.4 Å². The summed E-state index contributed by atoms with van der Waals surface area (Å²) < 4.78 is 15.3. The third kappa shape index (κ3) is 2.67. The van der Waals surface area contributed by atoms with Crippen LogP contribution >= 0.6 is 0 Å². The second kappa shape index (κ2) is 5.87. The van der Waals surface area contributed by atoms with E-state index in [1.54, 1.807) is 23.1 Å². The maximum absolute atomic E-state index is 13.6. The Balaban J connectivity index is 1.60. The first kappa shape index (κ1) is 15.4. The van der Waals surface area contributed by atoms with Crippen molar-refractivity contribution in [1.82, 2.24) is 34.9 Å². The molecule has 0 aliphatic heterocycles. The molecule has 0 bridgehead atoms. The molecule has 0 amide bonds. The van der Waals surface area contributed by atoms with E-state index in [4.69, 9.17) is 0 Å². The van der Waals surface area contributed by atoms with Crippen LogP contribution in [0.5, 0.6) is 0 Å². The normalized spacial score (nSPS) is 11.3. The number of H-pyrrole nitrogens is 2. The number of nitrogens with zero attached hydrogens (tertiary/aromatic N) is 5. The molecule has 0 aliphatic carbocycles. The van der Waals surface area contributed by atoms with Crippen LogP contribution in [0.4, 0.5) is 4.39 Å². The number of aromatic amines is 2. The van der Waals surface area contributed by atoms with E-state index in [0.717, 1.165) is 33.6 Å². The van der Waals surface area contributed by atoms with Gasteiger partial charge in [-0.1, -0.05) is 12.1 Å². The zero-order valence-corrected chi connectivity index (χ0v) is 14.3. The molecule has 7 nitrogen and oxygen atoms in total. The van der Waals surface area contributed by atoms with Gasteiger partial charge in [0.15, 0.2) is 11.5 Å². The molecule has 0 saturated carbocycles. The van der Waals surface area contributed by atoms with E-state index in [2.05, 4.69) is 30.2 Å². The number of pyridine rings is 1. The predicted octanol–water partition coefficient (Wildman–Crippen LogP) is 3.55. The molecule has 8 heteroatoms. The molecular weight excluding hydrogens is 345 g/mol. The van der Waals surface area contributed by atoms with E-state index < -0.39 is 0 Å². The Morgan fingerprint density at radius 1 is 1.11 bits per heavy atom. The summed E-state index contributed by atoms with van der Waals surface area (Å²) in [6, 6.07) is 10.2. The fourth-order valence-electron chi connectivity index (χ4n) is 3.08. The Bertz CT molecular complexity index is 1260. The molecule has 0 spiro atoms. The van der Waals surface area contributed by atoms with E-state index in [9.17, 15) is 4.39 Å². The largest absolute Gasteiger partial charge is 0.335 e. The Kier molecular flexibility index (Phi) is 3.36. The number of aromatic nitrogens is 7. The van der Waals surface area contributed by atoms with Gasteiger partial charge in [0.05, 0.1) is 17.4 Å². The Hall–Kier alpha value is -3.81. The maximum atomic E-state index is 13.6. The van der Waals surface area contributed by atoms with Gasteiger partial charge in [-0.15, -0.1) is 0 Å².